The summed E-state index contributed by atoms with van der Waals surface area (Å²) in [5.74, 6) is 0.564. The molecule has 0 fully saturated rings. The van der Waals surface area contributed by atoms with Gasteiger partial charge in [0.25, 0.3) is 5.56 Å². The minimum absolute atomic E-state index is 0.0582. The molecule has 5 aromatic rings. The van der Waals surface area contributed by atoms with Crippen LogP contribution in [-0.4, -0.2) is 26.1 Å². The number of carbonyl (C=O) groups is 1. The van der Waals surface area contributed by atoms with Gasteiger partial charge in [-0.15, -0.1) is 0 Å². The highest BCUT2D eigenvalue weighted by molar-refractivity contribution is 5.95. The Morgan fingerprint density at radius 2 is 1.63 bits per heavy atom. The van der Waals surface area contributed by atoms with Crippen LogP contribution in [0.5, 0.6) is 0 Å². The van der Waals surface area contributed by atoms with E-state index < -0.39 is 0 Å². The van der Waals surface area contributed by atoms with E-state index >= 15 is 0 Å². The lowest BCUT2D eigenvalue weighted by Gasteiger charge is -2.07. The van der Waals surface area contributed by atoms with Crippen LogP contribution in [0.15, 0.2) is 77.6 Å². The van der Waals surface area contributed by atoms with E-state index in [4.69, 9.17) is 0 Å². The van der Waals surface area contributed by atoms with Gasteiger partial charge >= 0.3 is 0 Å². The summed E-state index contributed by atoms with van der Waals surface area (Å²) in [4.78, 5) is 32.3. The number of amides is 1. The average Bonchev–Trinajstić information content (AvgIpc) is 3.21. The minimum atomic E-state index is -0.268. The number of hydrogen-bond donors (Lipinski definition) is 3. The fraction of sp³-hybridized carbons (Fsp3) is 0.0435. The molecule has 5 rings (SSSR count). The summed E-state index contributed by atoms with van der Waals surface area (Å²) in [6.45, 7) is 0. The molecule has 146 valence electrons. The third-order valence-electron chi connectivity index (χ3n) is 4.93. The van der Waals surface area contributed by atoms with Crippen LogP contribution in [0.25, 0.3) is 33.2 Å². The number of aromatic amines is 2. The van der Waals surface area contributed by atoms with E-state index in [9.17, 15) is 9.59 Å². The molecule has 0 aliphatic heterocycles. The molecule has 7 heteroatoms. The van der Waals surface area contributed by atoms with E-state index in [1.807, 2.05) is 54.6 Å². The summed E-state index contributed by atoms with van der Waals surface area (Å²) < 4.78 is 0. The first-order chi connectivity index (χ1) is 14.7. The van der Waals surface area contributed by atoms with Gasteiger partial charge in [0.05, 0.1) is 28.5 Å². The second-order valence-electron chi connectivity index (χ2n) is 6.95. The van der Waals surface area contributed by atoms with Crippen LogP contribution in [0.4, 0.5) is 5.69 Å². The number of nitrogens with one attached hydrogen (secondary N) is 3. The van der Waals surface area contributed by atoms with Gasteiger partial charge in [0.1, 0.15) is 5.82 Å². The number of nitrogens with zero attached hydrogens (tertiary/aromatic N) is 2. The molecular formula is C23H17N5O2. The first-order valence-corrected chi connectivity index (χ1v) is 9.49. The predicted octanol–water partition coefficient (Wildman–Crippen LogP) is 3.65. The molecule has 0 aliphatic carbocycles. The first-order valence-electron chi connectivity index (χ1n) is 9.49. The van der Waals surface area contributed by atoms with Gasteiger partial charge in [-0.25, -0.2) is 10.1 Å². The number of benzene rings is 3. The minimum Gasteiger partial charge on any atom is -0.338 e. The fourth-order valence-electron chi connectivity index (χ4n) is 3.46. The largest absolute Gasteiger partial charge is 0.338 e. The number of H-pyrrole nitrogens is 2. The van der Waals surface area contributed by atoms with Gasteiger partial charge in [0.2, 0.25) is 5.91 Å². The van der Waals surface area contributed by atoms with Crippen molar-refractivity contribution < 1.29 is 4.79 Å². The van der Waals surface area contributed by atoms with E-state index in [1.165, 1.54) is 0 Å². The van der Waals surface area contributed by atoms with E-state index in [1.54, 1.807) is 18.2 Å². The predicted molar refractivity (Wildman–Crippen MR) is 116 cm³/mol. The Labute approximate surface area is 170 Å². The van der Waals surface area contributed by atoms with Crippen LogP contribution in [0.2, 0.25) is 0 Å². The Balaban J connectivity index is 1.33. The van der Waals surface area contributed by atoms with Crippen molar-refractivity contribution in [1.82, 2.24) is 20.2 Å². The van der Waals surface area contributed by atoms with Gasteiger partial charge in [-0.2, -0.15) is 5.10 Å². The number of rotatable bonds is 4. The monoisotopic (exact) mass is 395 g/mol. The highest BCUT2D eigenvalue weighted by Gasteiger charge is 2.11. The molecule has 2 aromatic heterocycles. The maximum absolute atomic E-state index is 12.5. The van der Waals surface area contributed by atoms with Crippen molar-refractivity contribution in [1.29, 1.82) is 0 Å². The molecule has 0 radical (unpaired) electrons. The Hall–Kier alpha value is -4.26. The third kappa shape index (κ3) is 3.33. The molecule has 0 aliphatic rings. The Morgan fingerprint density at radius 1 is 0.900 bits per heavy atom. The van der Waals surface area contributed by atoms with E-state index in [2.05, 4.69) is 25.5 Å². The summed E-state index contributed by atoms with van der Waals surface area (Å²) in [6, 6.07) is 22.4. The van der Waals surface area contributed by atoms with Crippen LogP contribution >= 0.6 is 0 Å². The van der Waals surface area contributed by atoms with Crippen molar-refractivity contribution >= 4 is 33.4 Å². The highest BCUT2D eigenvalue weighted by atomic mass is 16.1. The van der Waals surface area contributed by atoms with Crippen molar-refractivity contribution in [3.05, 3.63) is 88.8 Å². The maximum Gasteiger partial charge on any atom is 0.272 e. The SMILES string of the molecule is O=C(Cc1n[nH]c(=O)c2ccccc12)Nc1ccc(-c2nc3ccccc3[nH]2)cc1. The zero-order chi connectivity index (χ0) is 20.5. The Bertz CT molecular complexity index is 1400. The van der Waals surface area contributed by atoms with Crippen LogP contribution in [0.3, 0.4) is 0 Å². The zero-order valence-corrected chi connectivity index (χ0v) is 15.8. The van der Waals surface area contributed by atoms with Gasteiger partial charge < -0.3 is 10.3 Å². The summed E-state index contributed by atoms with van der Waals surface area (Å²) in [5.41, 5.74) is 3.75. The fourth-order valence-corrected chi connectivity index (χ4v) is 3.46. The summed E-state index contributed by atoms with van der Waals surface area (Å²) in [5, 5.41) is 10.6. The number of aromatic nitrogens is 4. The quantitative estimate of drug-likeness (QED) is 0.432. The summed E-state index contributed by atoms with van der Waals surface area (Å²) in [6.07, 6.45) is 0.0582. The van der Waals surface area contributed by atoms with Crippen molar-refractivity contribution in [3.8, 4) is 11.4 Å². The maximum atomic E-state index is 12.5. The van der Waals surface area contributed by atoms with Crippen molar-refractivity contribution in [2.45, 2.75) is 6.42 Å². The second kappa shape index (κ2) is 7.29. The molecule has 0 spiro atoms. The molecule has 0 bridgehead atoms. The number of imidazole rings is 1. The van der Waals surface area contributed by atoms with Crippen molar-refractivity contribution in [2.75, 3.05) is 5.32 Å². The second-order valence-corrected chi connectivity index (χ2v) is 6.95. The van der Waals surface area contributed by atoms with Crippen molar-refractivity contribution in [2.24, 2.45) is 0 Å². The van der Waals surface area contributed by atoms with Gasteiger partial charge in [0, 0.05) is 16.6 Å². The van der Waals surface area contributed by atoms with Crippen LogP contribution in [0, 0.1) is 0 Å². The third-order valence-corrected chi connectivity index (χ3v) is 4.93. The molecule has 0 atom stereocenters. The number of fused-ring (bicyclic) bond motifs is 2. The van der Waals surface area contributed by atoms with Gasteiger partial charge in [-0.3, -0.25) is 9.59 Å². The standard InChI is InChI=1S/C23H17N5O2/c29-21(13-20-16-5-1-2-6-17(16)23(30)28-27-20)24-15-11-9-14(10-12-15)22-25-18-7-3-4-8-19(18)26-22/h1-12H,13H2,(H,24,29)(H,25,26)(H,28,30). The molecular weight excluding hydrogens is 378 g/mol. The van der Waals surface area contributed by atoms with Crippen LogP contribution in [-0.2, 0) is 11.2 Å². The zero-order valence-electron chi connectivity index (χ0n) is 15.8. The van der Waals surface area contributed by atoms with E-state index in [0.29, 0.717) is 22.2 Å². The van der Waals surface area contributed by atoms with Crippen LogP contribution < -0.4 is 10.9 Å². The molecule has 7 nitrogen and oxygen atoms in total. The topological polar surface area (TPSA) is 104 Å². The van der Waals surface area contributed by atoms with Gasteiger partial charge in [-0.1, -0.05) is 30.3 Å². The smallest absolute Gasteiger partial charge is 0.272 e. The molecule has 0 saturated heterocycles. The molecule has 30 heavy (non-hydrogen) atoms. The molecule has 3 N–H and O–H groups in total. The highest BCUT2D eigenvalue weighted by Crippen LogP contribution is 2.22. The number of para-hydroxylation sites is 2. The van der Waals surface area contributed by atoms with Gasteiger partial charge in [0.15, 0.2) is 0 Å². The lowest BCUT2D eigenvalue weighted by molar-refractivity contribution is -0.115. The van der Waals surface area contributed by atoms with Crippen LogP contribution in [0.1, 0.15) is 5.69 Å². The number of anilines is 1. The summed E-state index contributed by atoms with van der Waals surface area (Å²) >= 11 is 0. The van der Waals surface area contributed by atoms with E-state index in [-0.39, 0.29) is 17.9 Å². The number of carbonyl (C=O) groups excluding carboxylic acids is 1. The molecule has 0 unspecified atom stereocenters. The molecule has 0 saturated carbocycles. The average molecular weight is 395 g/mol. The summed E-state index contributed by atoms with van der Waals surface area (Å²) in [7, 11) is 0. The Morgan fingerprint density at radius 3 is 2.43 bits per heavy atom. The molecule has 2 heterocycles. The molecule has 3 aromatic carbocycles. The van der Waals surface area contributed by atoms with Gasteiger partial charge in [-0.05, 0) is 42.5 Å². The van der Waals surface area contributed by atoms with E-state index in [0.717, 1.165) is 22.4 Å². The lowest BCUT2D eigenvalue weighted by Crippen LogP contribution is -2.18. The van der Waals surface area contributed by atoms with Crippen molar-refractivity contribution in [3.63, 3.8) is 0 Å². The first kappa shape index (κ1) is 17.8. The number of hydrogen-bond acceptors (Lipinski definition) is 4. The lowest BCUT2D eigenvalue weighted by atomic mass is 10.1. The Kier molecular flexibility index (Phi) is 4.33. The normalized spacial score (nSPS) is 11.1. The molecule has 1 amide bonds.